The molecule has 3 aromatic rings. The molecule has 1 N–H and O–H groups in total. The molecule has 6 nitrogen and oxygen atoms in total. The number of halogens is 1. The molecule has 5 rings (SSSR count). The molecule has 164 valence electrons. The van der Waals surface area contributed by atoms with Crippen molar-refractivity contribution in [2.45, 2.75) is 36.2 Å². The van der Waals surface area contributed by atoms with Crippen molar-refractivity contribution in [2.24, 2.45) is 0 Å². The van der Waals surface area contributed by atoms with Gasteiger partial charge in [-0.1, -0.05) is 42.1 Å². The molecule has 0 amide bonds. The molecule has 0 spiro atoms. The number of nitrogens with one attached hydrogen (secondary N) is 1. The molecule has 1 aliphatic carbocycles. The van der Waals surface area contributed by atoms with Crippen molar-refractivity contribution in [1.82, 2.24) is 14.8 Å². The fourth-order valence-corrected chi connectivity index (χ4v) is 5.03. The monoisotopic (exact) mass is 449 g/mol. The van der Waals surface area contributed by atoms with Gasteiger partial charge in [-0.15, -0.1) is 5.10 Å². The normalized spacial score (nSPS) is 17.6. The van der Waals surface area contributed by atoms with Gasteiger partial charge in [0.1, 0.15) is 11.9 Å². The summed E-state index contributed by atoms with van der Waals surface area (Å²) >= 11 is 1.39. The highest BCUT2D eigenvalue weighted by Crippen LogP contribution is 2.41. The van der Waals surface area contributed by atoms with Gasteiger partial charge < -0.3 is 10.2 Å². The fourth-order valence-electron chi connectivity index (χ4n) is 4.22. The first-order valence-corrected chi connectivity index (χ1v) is 11.6. The molecule has 1 unspecified atom stereocenters. The summed E-state index contributed by atoms with van der Waals surface area (Å²) in [7, 11) is 4.00. The second-order valence-corrected chi connectivity index (χ2v) is 9.17. The smallest absolute Gasteiger partial charge is 0.227 e. The first-order valence-electron chi connectivity index (χ1n) is 10.6. The second-order valence-electron chi connectivity index (χ2n) is 8.23. The number of nitrogens with zero attached hydrogens (tertiary/aromatic N) is 4. The number of anilines is 2. The molecule has 8 heteroatoms. The van der Waals surface area contributed by atoms with E-state index >= 15 is 0 Å². The molecule has 2 aliphatic rings. The van der Waals surface area contributed by atoms with Gasteiger partial charge in [0.2, 0.25) is 11.1 Å². The summed E-state index contributed by atoms with van der Waals surface area (Å²) < 4.78 is 15.8. The number of benzene rings is 2. The van der Waals surface area contributed by atoms with E-state index in [9.17, 15) is 9.18 Å². The standard InChI is InChI=1S/C24H24FN5OS/c1-29(2)17-12-10-15(11-13-17)22-21-19(8-5-9-20(21)31)26-23-27-24(28-30(22)23)32-14-16-6-3-4-7-18(16)25/h3-4,6-7,10-13,22H,5,8-9,14H2,1-2H3,(H,26,27,28). The maximum absolute atomic E-state index is 14.0. The molecule has 2 heterocycles. The lowest BCUT2D eigenvalue weighted by Gasteiger charge is -2.32. The Morgan fingerprint density at radius 2 is 1.94 bits per heavy atom. The van der Waals surface area contributed by atoms with E-state index in [1.165, 1.54) is 17.8 Å². The number of hydrogen-bond donors (Lipinski definition) is 1. The lowest BCUT2D eigenvalue weighted by molar-refractivity contribution is -0.116. The molecule has 32 heavy (non-hydrogen) atoms. The minimum absolute atomic E-state index is 0.155. The number of rotatable bonds is 5. The average molecular weight is 450 g/mol. The topological polar surface area (TPSA) is 63.1 Å². The van der Waals surface area contributed by atoms with Gasteiger partial charge in [-0.3, -0.25) is 4.79 Å². The molecule has 0 saturated heterocycles. The number of fused-ring (bicyclic) bond motifs is 1. The van der Waals surface area contributed by atoms with Crippen molar-refractivity contribution in [3.05, 3.63) is 76.7 Å². The van der Waals surface area contributed by atoms with E-state index < -0.39 is 0 Å². The van der Waals surface area contributed by atoms with Crippen molar-refractivity contribution in [3.8, 4) is 0 Å². The largest absolute Gasteiger partial charge is 0.378 e. The zero-order valence-corrected chi connectivity index (χ0v) is 18.8. The minimum atomic E-state index is -0.319. The van der Waals surface area contributed by atoms with Crippen LogP contribution in [0.15, 0.2) is 65.0 Å². The van der Waals surface area contributed by atoms with E-state index in [4.69, 9.17) is 5.10 Å². The van der Waals surface area contributed by atoms with Crippen LogP contribution in [-0.2, 0) is 10.5 Å². The third-order valence-electron chi connectivity index (χ3n) is 5.89. The Hall–Kier alpha value is -3.13. The predicted octanol–water partition coefficient (Wildman–Crippen LogP) is 4.80. The maximum atomic E-state index is 14.0. The van der Waals surface area contributed by atoms with Crippen molar-refractivity contribution >= 4 is 29.2 Å². The number of carbonyl (C=O) groups is 1. The number of carbonyl (C=O) groups excluding carboxylic acids is 1. The second kappa shape index (κ2) is 8.43. The summed E-state index contributed by atoms with van der Waals surface area (Å²) in [5.74, 6) is 0.978. The summed E-state index contributed by atoms with van der Waals surface area (Å²) in [6.07, 6.45) is 2.20. The predicted molar refractivity (Wildman–Crippen MR) is 124 cm³/mol. The molecule has 1 aromatic heterocycles. The summed E-state index contributed by atoms with van der Waals surface area (Å²) in [6.45, 7) is 0. The zero-order valence-electron chi connectivity index (χ0n) is 18.0. The van der Waals surface area contributed by atoms with Crippen molar-refractivity contribution in [2.75, 3.05) is 24.3 Å². The van der Waals surface area contributed by atoms with Crippen LogP contribution in [0.1, 0.15) is 36.4 Å². The van der Waals surface area contributed by atoms with Crippen LogP contribution in [0.3, 0.4) is 0 Å². The van der Waals surface area contributed by atoms with Crippen LogP contribution in [0.2, 0.25) is 0 Å². The third-order valence-corrected chi connectivity index (χ3v) is 6.77. The highest BCUT2D eigenvalue weighted by atomic mass is 32.2. The molecule has 0 saturated carbocycles. The van der Waals surface area contributed by atoms with E-state index in [0.29, 0.717) is 28.8 Å². The lowest BCUT2D eigenvalue weighted by atomic mass is 9.85. The van der Waals surface area contributed by atoms with Gasteiger partial charge >= 0.3 is 0 Å². The number of Topliss-reactive ketones (excluding diaryl/α,β-unsaturated/α-hetero) is 1. The van der Waals surface area contributed by atoms with Crippen LogP contribution >= 0.6 is 11.8 Å². The quantitative estimate of drug-likeness (QED) is 0.565. The fraction of sp³-hybridized carbons (Fsp3) is 0.292. The Morgan fingerprint density at radius 1 is 1.16 bits per heavy atom. The van der Waals surface area contributed by atoms with Crippen molar-refractivity contribution in [3.63, 3.8) is 0 Å². The van der Waals surface area contributed by atoms with Crippen molar-refractivity contribution < 1.29 is 9.18 Å². The number of ketones is 1. The number of allylic oxidation sites excluding steroid dienone is 2. The van der Waals surface area contributed by atoms with E-state index in [0.717, 1.165) is 35.4 Å². The van der Waals surface area contributed by atoms with Crippen LogP contribution in [-0.4, -0.2) is 34.6 Å². The highest BCUT2D eigenvalue weighted by molar-refractivity contribution is 7.98. The van der Waals surface area contributed by atoms with Crippen LogP contribution in [0.5, 0.6) is 0 Å². The van der Waals surface area contributed by atoms with Crippen molar-refractivity contribution in [1.29, 1.82) is 0 Å². The summed E-state index contributed by atoms with van der Waals surface area (Å²) in [6, 6.07) is 14.6. The molecule has 0 bridgehead atoms. The lowest BCUT2D eigenvalue weighted by Crippen LogP contribution is -2.31. The van der Waals surface area contributed by atoms with Gasteiger partial charge in [0.25, 0.3) is 0 Å². The van der Waals surface area contributed by atoms with E-state index in [1.807, 2.05) is 25.1 Å². The average Bonchev–Trinajstić information content (AvgIpc) is 3.20. The van der Waals surface area contributed by atoms with Gasteiger partial charge in [-0.2, -0.15) is 4.98 Å². The highest BCUT2D eigenvalue weighted by Gasteiger charge is 2.36. The molecule has 2 aromatic carbocycles. The Bertz CT molecular complexity index is 1200. The number of aromatic nitrogens is 3. The van der Waals surface area contributed by atoms with Crippen LogP contribution in [0.25, 0.3) is 0 Å². The third kappa shape index (κ3) is 3.79. The molecule has 0 fully saturated rings. The Morgan fingerprint density at radius 3 is 2.69 bits per heavy atom. The van der Waals surface area contributed by atoms with Gasteiger partial charge in [0, 0.05) is 43.2 Å². The van der Waals surface area contributed by atoms with Gasteiger partial charge in [0.05, 0.1) is 0 Å². The SMILES string of the molecule is CN(C)c1ccc(C2C3=C(CCCC3=O)Nc3nc(SCc4ccccc4F)nn32)cc1. The van der Waals surface area contributed by atoms with E-state index in [2.05, 4.69) is 34.6 Å². The first kappa shape index (κ1) is 20.8. The minimum Gasteiger partial charge on any atom is -0.378 e. The molecule has 0 radical (unpaired) electrons. The Labute approximate surface area is 190 Å². The van der Waals surface area contributed by atoms with Crippen LogP contribution in [0.4, 0.5) is 16.0 Å². The zero-order chi connectivity index (χ0) is 22.2. The van der Waals surface area contributed by atoms with Crippen LogP contribution < -0.4 is 10.2 Å². The molecular weight excluding hydrogens is 425 g/mol. The summed E-state index contributed by atoms with van der Waals surface area (Å²) in [4.78, 5) is 19.6. The van der Waals surface area contributed by atoms with Gasteiger partial charge in [0.15, 0.2) is 5.78 Å². The molecular formula is C24H24FN5OS. The van der Waals surface area contributed by atoms with E-state index in [1.54, 1.807) is 16.8 Å². The summed E-state index contributed by atoms with van der Waals surface area (Å²) in [5.41, 5.74) is 4.41. The van der Waals surface area contributed by atoms with Crippen LogP contribution in [0, 0.1) is 5.82 Å². The molecule has 1 aliphatic heterocycles. The first-order chi connectivity index (χ1) is 15.5. The maximum Gasteiger partial charge on any atom is 0.227 e. The van der Waals surface area contributed by atoms with Gasteiger partial charge in [-0.25, -0.2) is 9.07 Å². The summed E-state index contributed by atoms with van der Waals surface area (Å²) in [5, 5.41) is 8.62. The number of thioether (sulfide) groups is 1. The Balaban J connectivity index is 1.50. The van der Waals surface area contributed by atoms with E-state index in [-0.39, 0.29) is 17.6 Å². The Kier molecular flexibility index (Phi) is 5.46. The molecule has 1 atom stereocenters. The number of hydrogen-bond acceptors (Lipinski definition) is 6. The van der Waals surface area contributed by atoms with Gasteiger partial charge in [-0.05, 0) is 42.2 Å².